The molecule has 9 heteroatoms. The summed E-state index contributed by atoms with van der Waals surface area (Å²) in [6.07, 6.45) is 0.379. The Hall–Kier alpha value is -2.10. The lowest BCUT2D eigenvalue weighted by molar-refractivity contribution is 0.0653. The van der Waals surface area contributed by atoms with E-state index in [-0.39, 0.29) is 29.3 Å². The number of ether oxygens (including phenoxy) is 1. The van der Waals surface area contributed by atoms with Crippen LogP contribution in [0, 0.1) is 3.57 Å². The van der Waals surface area contributed by atoms with Crippen LogP contribution in [0.2, 0.25) is 10.3 Å². The minimum atomic E-state index is -0.250. The number of benzene rings is 2. The summed E-state index contributed by atoms with van der Waals surface area (Å²) >= 11 is 14.6. The van der Waals surface area contributed by atoms with Crippen molar-refractivity contribution in [2.45, 2.75) is 25.9 Å². The Morgan fingerprint density at radius 2 is 1.97 bits per heavy atom. The van der Waals surface area contributed by atoms with Gasteiger partial charge in [0.1, 0.15) is 5.75 Å². The van der Waals surface area contributed by atoms with E-state index in [4.69, 9.17) is 27.9 Å². The molecule has 1 amide bonds. The van der Waals surface area contributed by atoms with Gasteiger partial charge in [-0.25, -0.2) is 9.55 Å². The summed E-state index contributed by atoms with van der Waals surface area (Å²) in [6.45, 7) is 2.12. The van der Waals surface area contributed by atoms with Gasteiger partial charge in [0.05, 0.1) is 30.1 Å². The summed E-state index contributed by atoms with van der Waals surface area (Å²) < 4.78 is 7.54. The number of carbonyl (C=O) groups is 1. The minimum absolute atomic E-state index is 0.0243. The molecule has 0 aliphatic carbocycles. The quantitative estimate of drug-likeness (QED) is 0.338. The van der Waals surface area contributed by atoms with Gasteiger partial charge >= 0.3 is 0 Å². The molecule has 6 nitrogen and oxygen atoms in total. The van der Waals surface area contributed by atoms with Crippen LogP contribution in [0.1, 0.15) is 28.5 Å². The highest BCUT2D eigenvalue weighted by atomic mass is 127. The molecule has 1 atom stereocenters. The van der Waals surface area contributed by atoms with Gasteiger partial charge < -0.3 is 9.64 Å². The number of carbonyl (C=O) groups excluding carboxylic acids is 1. The molecule has 1 unspecified atom stereocenters. The summed E-state index contributed by atoms with van der Waals surface area (Å²) in [4.78, 5) is 32.7. The zero-order chi connectivity index (χ0) is 22.3. The third-order valence-corrected chi connectivity index (χ3v) is 7.12. The SMILES string of the molecule is COc1ccccc1-n1c(Cl)nc2c(c1=O)CC(C)N(C(=O)c1ccc(Cl)c(I)c1)C2. The van der Waals surface area contributed by atoms with Crippen molar-refractivity contribution >= 4 is 51.7 Å². The summed E-state index contributed by atoms with van der Waals surface area (Å²) in [5.41, 5.74) is 1.88. The van der Waals surface area contributed by atoms with Crippen LogP contribution >= 0.6 is 45.8 Å². The number of halogens is 3. The topological polar surface area (TPSA) is 64.4 Å². The first-order chi connectivity index (χ1) is 14.8. The van der Waals surface area contributed by atoms with Crippen LogP contribution in [0.15, 0.2) is 47.3 Å². The summed E-state index contributed by atoms with van der Waals surface area (Å²) in [7, 11) is 1.53. The third kappa shape index (κ3) is 4.06. The lowest BCUT2D eigenvalue weighted by atomic mass is 9.98. The summed E-state index contributed by atoms with van der Waals surface area (Å²) in [5.74, 6) is 0.380. The van der Waals surface area contributed by atoms with E-state index in [0.717, 1.165) is 3.57 Å². The number of hydrogen-bond acceptors (Lipinski definition) is 4. The molecule has 0 saturated heterocycles. The van der Waals surface area contributed by atoms with Crippen molar-refractivity contribution in [2.24, 2.45) is 0 Å². The first kappa shape index (κ1) is 22.1. The van der Waals surface area contributed by atoms with Gasteiger partial charge in [0.2, 0.25) is 5.28 Å². The molecule has 2 aromatic carbocycles. The van der Waals surface area contributed by atoms with E-state index < -0.39 is 0 Å². The highest BCUT2D eigenvalue weighted by Crippen LogP contribution is 2.28. The van der Waals surface area contributed by atoms with Crippen LogP contribution < -0.4 is 10.3 Å². The van der Waals surface area contributed by atoms with Gasteiger partial charge in [0.25, 0.3) is 11.5 Å². The second-order valence-corrected chi connectivity index (χ2v) is 9.14. The fourth-order valence-electron chi connectivity index (χ4n) is 3.72. The van der Waals surface area contributed by atoms with Crippen LogP contribution in [-0.2, 0) is 13.0 Å². The van der Waals surface area contributed by atoms with Crippen molar-refractivity contribution < 1.29 is 9.53 Å². The number of rotatable bonds is 3. The molecule has 0 fully saturated rings. The van der Waals surface area contributed by atoms with Gasteiger partial charge in [-0.2, -0.15) is 0 Å². The average molecular weight is 570 g/mol. The highest BCUT2D eigenvalue weighted by molar-refractivity contribution is 14.1. The molecule has 160 valence electrons. The minimum Gasteiger partial charge on any atom is -0.495 e. The van der Waals surface area contributed by atoms with Crippen LogP contribution in [0.3, 0.4) is 0 Å². The van der Waals surface area contributed by atoms with Crippen LogP contribution in [0.25, 0.3) is 5.69 Å². The molecular formula is C22H18Cl2IN3O3. The predicted octanol–water partition coefficient (Wildman–Crippen LogP) is 4.74. The Morgan fingerprint density at radius 1 is 1.23 bits per heavy atom. The van der Waals surface area contributed by atoms with E-state index in [2.05, 4.69) is 27.6 Å². The van der Waals surface area contributed by atoms with E-state index in [1.54, 1.807) is 41.3 Å². The number of methoxy groups -OCH3 is 1. The zero-order valence-corrected chi connectivity index (χ0v) is 20.4. The smallest absolute Gasteiger partial charge is 0.262 e. The number of hydrogen-bond donors (Lipinski definition) is 0. The molecular weight excluding hydrogens is 552 g/mol. The van der Waals surface area contributed by atoms with Crippen LogP contribution in [0.5, 0.6) is 5.75 Å². The van der Waals surface area contributed by atoms with Crippen molar-refractivity contribution in [1.82, 2.24) is 14.5 Å². The van der Waals surface area contributed by atoms with Crippen LogP contribution in [-0.4, -0.2) is 33.5 Å². The van der Waals surface area contributed by atoms with Gasteiger partial charge in [-0.05, 0) is 77.9 Å². The third-order valence-electron chi connectivity index (χ3n) is 5.33. The molecule has 1 aliphatic rings. The predicted molar refractivity (Wildman–Crippen MR) is 129 cm³/mol. The summed E-state index contributed by atoms with van der Waals surface area (Å²) in [5, 5.41) is 0.621. The molecule has 1 aliphatic heterocycles. The molecule has 1 aromatic heterocycles. The van der Waals surface area contributed by atoms with Crippen molar-refractivity contribution in [1.29, 1.82) is 0 Å². The van der Waals surface area contributed by atoms with Crippen molar-refractivity contribution in [3.63, 3.8) is 0 Å². The maximum absolute atomic E-state index is 13.3. The molecule has 4 rings (SSSR count). The van der Waals surface area contributed by atoms with E-state index in [9.17, 15) is 9.59 Å². The molecule has 0 N–H and O–H groups in total. The van der Waals surface area contributed by atoms with E-state index in [0.29, 0.717) is 39.7 Å². The first-order valence-electron chi connectivity index (χ1n) is 9.51. The normalized spacial score (nSPS) is 15.5. The van der Waals surface area contributed by atoms with E-state index in [1.165, 1.54) is 11.7 Å². The van der Waals surface area contributed by atoms with Gasteiger partial charge in [-0.15, -0.1) is 0 Å². The van der Waals surface area contributed by atoms with Crippen molar-refractivity contribution in [2.75, 3.05) is 7.11 Å². The first-order valence-corrected chi connectivity index (χ1v) is 11.3. The van der Waals surface area contributed by atoms with Gasteiger partial charge in [-0.3, -0.25) is 9.59 Å². The van der Waals surface area contributed by atoms with Gasteiger partial charge in [0.15, 0.2) is 0 Å². The Bertz CT molecular complexity index is 1250. The van der Waals surface area contributed by atoms with E-state index >= 15 is 0 Å². The zero-order valence-electron chi connectivity index (χ0n) is 16.7. The number of para-hydroxylation sites is 2. The molecule has 0 radical (unpaired) electrons. The van der Waals surface area contributed by atoms with Crippen molar-refractivity contribution in [3.05, 3.63) is 83.5 Å². The molecule has 0 spiro atoms. The standard InChI is InChI=1S/C22H18Cl2IN3O3/c1-12-9-14-17(11-27(12)20(29)13-7-8-15(23)16(25)10-13)26-22(24)28(21(14)30)18-5-3-4-6-19(18)31-2/h3-8,10,12H,9,11H2,1-2H3. The van der Waals surface area contributed by atoms with Gasteiger partial charge in [-0.1, -0.05) is 23.7 Å². The maximum Gasteiger partial charge on any atom is 0.262 e. The summed E-state index contributed by atoms with van der Waals surface area (Å²) in [6, 6.07) is 12.1. The average Bonchev–Trinajstić information content (AvgIpc) is 2.76. The Balaban J connectivity index is 1.74. The number of nitrogens with zero attached hydrogens (tertiary/aromatic N) is 3. The number of fused-ring (bicyclic) bond motifs is 1. The van der Waals surface area contributed by atoms with Crippen molar-refractivity contribution in [3.8, 4) is 11.4 Å². The monoisotopic (exact) mass is 569 g/mol. The fraction of sp³-hybridized carbons (Fsp3) is 0.227. The second-order valence-electron chi connectivity index (χ2n) is 7.23. The Morgan fingerprint density at radius 3 is 2.68 bits per heavy atom. The fourth-order valence-corrected chi connectivity index (χ4v) is 4.62. The van der Waals surface area contributed by atoms with Crippen LogP contribution in [0.4, 0.5) is 0 Å². The molecule has 0 bridgehead atoms. The largest absolute Gasteiger partial charge is 0.495 e. The second kappa shape index (κ2) is 8.80. The molecule has 3 aromatic rings. The van der Waals surface area contributed by atoms with E-state index in [1.807, 2.05) is 13.0 Å². The Labute approximate surface area is 202 Å². The number of aromatic nitrogens is 2. The molecule has 31 heavy (non-hydrogen) atoms. The lowest BCUT2D eigenvalue weighted by Crippen LogP contribution is -2.45. The number of amides is 1. The molecule has 2 heterocycles. The lowest BCUT2D eigenvalue weighted by Gasteiger charge is -2.34. The van der Waals surface area contributed by atoms with Gasteiger partial charge in [0, 0.05) is 20.7 Å². The maximum atomic E-state index is 13.3. The Kier molecular flexibility index (Phi) is 6.27. The molecule has 0 saturated carbocycles. The highest BCUT2D eigenvalue weighted by Gasteiger charge is 2.32.